The molecule has 7 heteroatoms. The highest BCUT2D eigenvalue weighted by atomic mass is 32.1. The van der Waals surface area contributed by atoms with E-state index in [0.717, 1.165) is 19.5 Å². The number of urea groups is 1. The van der Waals surface area contributed by atoms with Gasteiger partial charge in [0, 0.05) is 50.6 Å². The van der Waals surface area contributed by atoms with Crippen molar-refractivity contribution in [3.05, 3.63) is 21.9 Å². The quantitative estimate of drug-likeness (QED) is 0.682. The lowest BCUT2D eigenvalue weighted by molar-refractivity contribution is -0.118. The number of thiophene rings is 1. The normalized spacial score (nSPS) is 15.7. The van der Waals surface area contributed by atoms with Gasteiger partial charge in [0.05, 0.1) is 0 Å². The smallest absolute Gasteiger partial charge is 0.314 e. The second kappa shape index (κ2) is 8.14. The van der Waals surface area contributed by atoms with Crippen LogP contribution in [0.3, 0.4) is 0 Å². The molecular weight excluding hydrogens is 300 g/mol. The summed E-state index contributed by atoms with van der Waals surface area (Å²) in [6.45, 7) is 7.10. The number of amides is 3. The lowest BCUT2D eigenvalue weighted by Crippen LogP contribution is -2.47. The molecule has 22 heavy (non-hydrogen) atoms. The number of hydrogen-bond acceptors (Lipinski definition) is 4. The number of nitrogens with zero attached hydrogens (tertiary/aromatic N) is 1. The fourth-order valence-electron chi connectivity index (χ4n) is 2.49. The Kier molecular flexibility index (Phi) is 6.21. The maximum absolute atomic E-state index is 11.7. The molecule has 0 fully saturated rings. The number of carbonyl (C=O) groups excluding carboxylic acids is 2. The van der Waals surface area contributed by atoms with E-state index in [4.69, 9.17) is 0 Å². The Labute approximate surface area is 135 Å². The molecule has 0 spiro atoms. The molecule has 122 valence electrons. The zero-order valence-electron chi connectivity index (χ0n) is 13.1. The van der Waals surface area contributed by atoms with Gasteiger partial charge in [-0.15, -0.1) is 11.3 Å². The molecule has 1 aromatic heterocycles. The van der Waals surface area contributed by atoms with E-state index < -0.39 is 0 Å². The second-order valence-corrected chi connectivity index (χ2v) is 6.56. The van der Waals surface area contributed by atoms with Crippen LogP contribution in [0.1, 0.15) is 24.3 Å². The van der Waals surface area contributed by atoms with Crippen LogP contribution in [0, 0.1) is 0 Å². The molecule has 0 radical (unpaired) electrons. The molecule has 0 aromatic carbocycles. The summed E-state index contributed by atoms with van der Waals surface area (Å²) in [5.41, 5.74) is 1.42. The van der Waals surface area contributed by atoms with Crippen molar-refractivity contribution in [1.29, 1.82) is 0 Å². The first-order valence-corrected chi connectivity index (χ1v) is 8.49. The number of hydrogen-bond donors (Lipinski definition) is 3. The third-order valence-corrected chi connectivity index (χ3v) is 4.83. The van der Waals surface area contributed by atoms with Gasteiger partial charge in [0.1, 0.15) is 0 Å². The van der Waals surface area contributed by atoms with E-state index in [1.807, 2.05) is 11.3 Å². The molecule has 1 unspecified atom stereocenters. The minimum absolute atomic E-state index is 0.0891. The maximum Gasteiger partial charge on any atom is 0.314 e. The molecular formula is C15H24N4O2S. The Hall–Kier alpha value is -1.60. The number of rotatable bonds is 6. The van der Waals surface area contributed by atoms with Crippen molar-refractivity contribution < 1.29 is 9.59 Å². The van der Waals surface area contributed by atoms with Crippen LogP contribution in [0.5, 0.6) is 0 Å². The Bertz CT molecular complexity index is 517. The minimum atomic E-state index is -0.189. The summed E-state index contributed by atoms with van der Waals surface area (Å²) in [6.07, 6.45) is 1.10. The van der Waals surface area contributed by atoms with Crippen molar-refractivity contribution in [2.45, 2.75) is 32.9 Å². The van der Waals surface area contributed by atoms with E-state index in [9.17, 15) is 9.59 Å². The van der Waals surface area contributed by atoms with Gasteiger partial charge in [-0.25, -0.2) is 4.79 Å². The van der Waals surface area contributed by atoms with Gasteiger partial charge in [-0.05, 0) is 30.4 Å². The van der Waals surface area contributed by atoms with Gasteiger partial charge in [0.2, 0.25) is 5.91 Å². The third-order valence-electron chi connectivity index (χ3n) is 3.80. The number of nitrogens with one attached hydrogen (secondary N) is 3. The van der Waals surface area contributed by atoms with Gasteiger partial charge in [0.25, 0.3) is 0 Å². The average molecular weight is 324 g/mol. The Balaban J connectivity index is 1.64. The highest BCUT2D eigenvalue weighted by molar-refractivity contribution is 7.10. The fraction of sp³-hybridized carbons (Fsp3) is 0.600. The summed E-state index contributed by atoms with van der Waals surface area (Å²) in [6, 6.07) is 2.31. The first-order valence-electron chi connectivity index (χ1n) is 7.61. The van der Waals surface area contributed by atoms with Crippen LogP contribution < -0.4 is 16.0 Å². The topological polar surface area (TPSA) is 73.5 Å². The zero-order valence-corrected chi connectivity index (χ0v) is 14.0. The van der Waals surface area contributed by atoms with Crippen molar-refractivity contribution >= 4 is 23.3 Å². The molecule has 3 N–H and O–H groups in total. The summed E-state index contributed by atoms with van der Waals surface area (Å²) in [7, 11) is 0. The average Bonchev–Trinajstić information content (AvgIpc) is 2.96. The predicted molar refractivity (Wildman–Crippen MR) is 88.0 cm³/mol. The summed E-state index contributed by atoms with van der Waals surface area (Å²) in [5.74, 6) is -0.0891. The Morgan fingerprint density at radius 1 is 1.32 bits per heavy atom. The molecule has 1 aliphatic heterocycles. The molecule has 1 aromatic rings. The van der Waals surface area contributed by atoms with Crippen molar-refractivity contribution in [3.63, 3.8) is 0 Å². The maximum atomic E-state index is 11.7. The standard InChI is InChI=1S/C15H24N4O2S/c1-11(9-18-15(21)17-6-5-16-12(2)20)19-7-3-14-13(10-19)4-8-22-14/h4,8,11H,3,5-7,9-10H2,1-2H3,(H,16,20)(H2,17,18,21). The molecule has 6 nitrogen and oxygen atoms in total. The molecule has 2 rings (SSSR count). The van der Waals surface area contributed by atoms with E-state index in [-0.39, 0.29) is 11.9 Å². The molecule has 1 atom stereocenters. The van der Waals surface area contributed by atoms with Crippen molar-refractivity contribution in [2.75, 3.05) is 26.2 Å². The second-order valence-electron chi connectivity index (χ2n) is 5.56. The van der Waals surface area contributed by atoms with Crippen LogP contribution >= 0.6 is 11.3 Å². The van der Waals surface area contributed by atoms with Gasteiger partial charge < -0.3 is 16.0 Å². The molecule has 1 aliphatic rings. The van der Waals surface area contributed by atoms with Crippen molar-refractivity contribution in [2.24, 2.45) is 0 Å². The van der Waals surface area contributed by atoms with E-state index >= 15 is 0 Å². The van der Waals surface area contributed by atoms with E-state index in [1.54, 1.807) is 0 Å². The highest BCUT2D eigenvalue weighted by Crippen LogP contribution is 2.24. The van der Waals surface area contributed by atoms with Crippen LogP contribution in [0.25, 0.3) is 0 Å². The van der Waals surface area contributed by atoms with Gasteiger partial charge >= 0.3 is 6.03 Å². The van der Waals surface area contributed by atoms with E-state index in [2.05, 4.69) is 39.2 Å². The molecule has 3 amide bonds. The van der Waals surface area contributed by atoms with Crippen LogP contribution in [0.4, 0.5) is 4.79 Å². The Morgan fingerprint density at radius 3 is 2.86 bits per heavy atom. The third kappa shape index (κ3) is 4.99. The number of fused-ring (bicyclic) bond motifs is 1. The van der Waals surface area contributed by atoms with Gasteiger partial charge in [-0.3, -0.25) is 9.69 Å². The summed E-state index contributed by atoms with van der Waals surface area (Å²) >= 11 is 1.83. The highest BCUT2D eigenvalue weighted by Gasteiger charge is 2.21. The monoisotopic (exact) mass is 324 g/mol. The molecule has 0 saturated heterocycles. The minimum Gasteiger partial charge on any atom is -0.355 e. The summed E-state index contributed by atoms with van der Waals surface area (Å²) < 4.78 is 0. The molecule has 0 bridgehead atoms. The SMILES string of the molecule is CC(=O)NCCNC(=O)NCC(C)N1CCc2sccc2C1. The lowest BCUT2D eigenvalue weighted by atomic mass is 10.1. The number of carbonyl (C=O) groups is 2. The van der Waals surface area contributed by atoms with Gasteiger partial charge in [-0.2, -0.15) is 0 Å². The van der Waals surface area contributed by atoms with Crippen LogP contribution in [0.15, 0.2) is 11.4 Å². The molecule has 0 aliphatic carbocycles. The fourth-order valence-corrected chi connectivity index (χ4v) is 3.38. The summed E-state index contributed by atoms with van der Waals surface area (Å²) in [4.78, 5) is 26.3. The van der Waals surface area contributed by atoms with Crippen LogP contribution in [-0.4, -0.2) is 49.1 Å². The van der Waals surface area contributed by atoms with Gasteiger partial charge in [-0.1, -0.05) is 0 Å². The lowest BCUT2D eigenvalue weighted by Gasteiger charge is -2.32. The van der Waals surface area contributed by atoms with Crippen LogP contribution in [0.2, 0.25) is 0 Å². The largest absolute Gasteiger partial charge is 0.355 e. The molecule has 0 saturated carbocycles. The zero-order chi connectivity index (χ0) is 15.9. The van der Waals surface area contributed by atoms with Gasteiger partial charge in [0.15, 0.2) is 0 Å². The van der Waals surface area contributed by atoms with E-state index in [1.165, 1.54) is 17.4 Å². The Morgan fingerprint density at radius 2 is 2.09 bits per heavy atom. The van der Waals surface area contributed by atoms with Crippen molar-refractivity contribution in [3.8, 4) is 0 Å². The summed E-state index contributed by atoms with van der Waals surface area (Å²) in [5, 5.41) is 10.4. The van der Waals surface area contributed by atoms with E-state index in [0.29, 0.717) is 25.7 Å². The van der Waals surface area contributed by atoms with Crippen molar-refractivity contribution in [1.82, 2.24) is 20.9 Å². The van der Waals surface area contributed by atoms with Crippen LogP contribution in [-0.2, 0) is 17.8 Å². The molecule has 2 heterocycles. The predicted octanol–water partition coefficient (Wildman–Crippen LogP) is 0.930. The first-order chi connectivity index (χ1) is 10.6. The first kappa shape index (κ1) is 16.8.